The fourth-order valence-electron chi connectivity index (χ4n) is 2.66. The van der Waals surface area contributed by atoms with Crippen molar-refractivity contribution in [2.45, 2.75) is 18.7 Å². The highest BCUT2D eigenvalue weighted by Gasteiger charge is 2.42. The number of hydrogen-bond donors (Lipinski definition) is 1. The smallest absolute Gasteiger partial charge is 0.324 e. The normalized spacial score (nSPS) is 14.3. The molecule has 1 atom stereocenters. The van der Waals surface area contributed by atoms with Crippen LogP contribution in [0.25, 0.3) is 0 Å². The van der Waals surface area contributed by atoms with E-state index in [1.165, 1.54) is 34.7 Å². The first kappa shape index (κ1) is 18.3. The molecule has 3 aromatic rings. The van der Waals surface area contributed by atoms with Gasteiger partial charge in [-0.1, -0.05) is 6.07 Å². The van der Waals surface area contributed by atoms with Gasteiger partial charge in [0.05, 0.1) is 13.1 Å². The second kappa shape index (κ2) is 7.02. The van der Waals surface area contributed by atoms with Crippen LogP contribution in [0.15, 0.2) is 43.5 Å². The van der Waals surface area contributed by atoms with Gasteiger partial charge < -0.3 is 4.89 Å². The minimum Gasteiger partial charge on any atom is -0.324 e. The SMILES string of the molecule is CP(=O)(O)OC(Cn1cncn1)(Cn1cncn1)c1ccc(F)cc1F. The molecule has 0 fully saturated rings. The summed E-state index contributed by atoms with van der Waals surface area (Å²) in [5, 5.41) is 7.89. The lowest BCUT2D eigenvalue weighted by Crippen LogP contribution is -2.39. The van der Waals surface area contributed by atoms with Crippen molar-refractivity contribution >= 4 is 7.60 Å². The van der Waals surface area contributed by atoms with Crippen molar-refractivity contribution in [2.24, 2.45) is 0 Å². The van der Waals surface area contributed by atoms with Gasteiger partial charge in [0.15, 0.2) is 0 Å². The average Bonchev–Trinajstić information content (AvgIpc) is 3.19. The van der Waals surface area contributed by atoms with Gasteiger partial charge in [-0.2, -0.15) is 10.2 Å². The van der Waals surface area contributed by atoms with E-state index in [9.17, 15) is 18.2 Å². The van der Waals surface area contributed by atoms with Crippen molar-refractivity contribution in [3.63, 3.8) is 0 Å². The predicted molar refractivity (Wildman–Crippen MR) is 84.9 cm³/mol. The van der Waals surface area contributed by atoms with Crippen molar-refractivity contribution in [3.05, 3.63) is 60.7 Å². The van der Waals surface area contributed by atoms with Crippen LogP contribution in [0.1, 0.15) is 5.56 Å². The molecular formula is C14H15F2N6O3P. The first-order chi connectivity index (χ1) is 12.3. The summed E-state index contributed by atoms with van der Waals surface area (Å²) in [5.74, 6) is -1.72. The van der Waals surface area contributed by atoms with E-state index in [4.69, 9.17) is 4.52 Å². The number of benzene rings is 1. The fraction of sp³-hybridized carbons (Fsp3) is 0.286. The first-order valence-electron chi connectivity index (χ1n) is 7.39. The molecule has 1 aromatic carbocycles. The lowest BCUT2D eigenvalue weighted by Gasteiger charge is -2.34. The summed E-state index contributed by atoms with van der Waals surface area (Å²) >= 11 is 0. The second-order valence-corrected chi connectivity index (χ2v) is 7.49. The van der Waals surface area contributed by atoms with Crippen molar-refractivity contribution in [1.29, 1.82) is 0 Å². The fourth-order valence-corrected chi connectivity index (χ4v) is 3.52. The molecule has 12 heteroatoms. The zero-order valence-electron chi connectivity index (χ0n) is 13.6. The maximum absolute atomic E-state index is 14.6. The summed E-state index contributed by atoms with van der Waals surface area (Å²) in [4.78, 5) is 17.5. The van der Waals surface area contributed by atoms with Crippen LogP contribution in [0.2, 0.25) is 0 Å². The predicted octanol–water partition coefficient (Wildman–Crippen LogP) is 1.58. The van der Waals surface area contributed by atoms with E-state index in [0.29, 0.717) is 6.07 Å². The van der Waals surface area contributed by atoms with E-state index in [0.717, 1.165) is 18.8 Å². The number of rotatable bonds is 7. The second-order valence-electron chi connectivity index (χ2n) is 5.70. The van der Waals surface area contributed by atoms with Crippen LogP contribution in [0.3, 0.4) is 0 Å². The standard InChI is InChI=1S/C14H15F2N6O3P/c1-26(23,24)25-14(5-21-9-17-7-19-21,6-22-10-18-8-20-22)12-3-2-11(15)4-13(12)16/h2-4,7-10H,5-6H2,1H3,(H,23,24). The number of nitrogens with zero attached hydrogens (tertiary/aromatic N) is 6. The van der Waals surface area contributed by atoms with Crippen LogP contribution in [-0.2, 0) is 27.8 Å². The largest absolute Gasteiger partial charge is 0.326 e. The first-order valence-corrected chi connectivity index (χ1v) is 9.41. The van der Waals surface area contributed by atoms with E-state index in [2.05, 4.69) is 20.2 Å². The molecular weight excluding hydrogens is 369 g/mol. The molecule has 3 rings (SSSR count). The van der Waals surface area contributed by atoms with Crippen LogP contribution in [-0.4, -0.2) is 41.1 Å². The molecule has 9 nitrogen and oxygen atoms in total. The Bertz CT molecular complexity index is 877. The summed E-state index contributed by atoms with van der Waals surface area (Å²) in [5.41, 5.74) is -1.85. The highest BCUT2D eigenvalue weighted by atomic mass is 31.2. The van der Waals surface area contributed by atoms with E-state index in [1.54, 1.807) is 0 Å². The van der Waals surface area contributed by atoms with Gasteiger partial charge >= 0.3 is 7.60 Å². The molecule has 0 amide bonds. The third-order valence-electron chi connectivity index (χ3n) is 3.53. The zero-order valence-corrected chi connectivity index (χ0v) is 14.5. The van der Waals surface area contributed by atoms with Crippen LogP contribution in [0, 0.1) is 11.6 Å². The quantitative estimate of drug-likeness (QED) is 0.616. The minimum absolute atomic E-state index is 0.124. The minimum atomic E-state index is -4.10. The molecule has 0 spiro atoms. The molecule has 0 saturated heterocycles. The molecule has 0 aliphatic heterocycles. The Morgan fingerprint density at radius 1 is 1.15 bits per heavy atom. The highest BCUT2D eigenvalue weighted by molar-refractivity contribution is 7.51. The maximum Gasteiger partial charge on any atom is 0.326 e. The molecule has 0 aliphatic rings. The van der Waals surface area contributed by atoms with Gasteiger partial charge in [0.25, 0.3) is 0 Å². The molecule has 138 valence electrons. The third kappa shape index (κ3) is 4.18. The summed E-state index contributed by atoms with van der Waals surface area (Å²) in [6, 6.07) is 2.87. The van der Waals surface area contributed by atoms with E-state index >= 15 is 0 Å². The van der Waals surface area contributed by atoms with Crippen molar-refractivity contribution < 1.29 is 22.8 Å². The third-order valence-corrected chi connectivity index (χ3v) is 4.22. The molecule has 1 N–H and O–H groups in total. The molecule has 0 bridgehead atoms. The van der Waals surface area contributed by atoms with Gasteiger partial charge in [-0.15, -0.1) is 0 Å². The molecule has 0 aliphatic carbocycles. The number of hydrogen-bond acceptors (Lipinski definition) is 6. The number of halogens is 2. The van der Waals surface area contributed by atoms with Crippen molar-refractivity contribution in [3.8, 4) is 0 Å². The van der Waals surface area contributed by atoms with E-state index in [-0.39, 0.29) is 18.7 Å². The van der Waals surface area contributed by atoms with E-state index in [1.807, 2.05) is 0 Å². The van der Waals surface area contributed by atoms with Gasteiger partial charge in [0, 0.05) is 18.3 Å². The summed E-state index contributed by atoms with van der Waals surface area (Å²) in [7, 11) is -4.10. The maximum atomic E-state index is 14.6. The molecule has 0 radical (unpaired) electrons. The van der Waals surface area contributed by atoms with Crippen LogP contribution in [0.4, 0.5) is 8.78 Å². The Morgan fingerprint density at radius 3 is 2.15 bits per heavy atom. The van der Waals surface area contributed by atoms with Crippen molar-refractivity contribution in [2.75, 3.05) is 6.66 Å². The van der Waals surface area contributed by atoms with Gasteiger partial charge in [0.2, 0.25) is 0 Å². The molecule has 26 heavy (non-hydrogen) atoms. The van der Waals surface area contributed by atoms with Gasteiger partial charge in [-0.05, 0) is 6.07 Å². The molecule has 0 saturated carbocycles. The van der Waals surface area contributed by atoms with Gasteiger partial charge in [-0.3, -0.25) is 9.09 Å². The van der Waals surface area contributed by atoms with Crippen LogP contribution in [0.5, 0.6) is 0 Å². The monoisotopic (exact) mass is 384 g/mol. The molecule has 1 unspecified atom stereocenters. The Morgan fingerprint density at radius 2 is 1.73 bits per heavy atom. The van der Waals surface area contributed by atoms with Gasteiger partial charge in [-0.25, -0.2) is 28.1 Å². The molecule has 2 aromatic heterocycles. The zero-order chi connectivity index (χ0) is 18.8. The number of aromatic nitrogens is 6. The van der Waals surface area contributed by atoms with E-state index < -0.39 is 24.8 Å². The van der Waals surface area contributed by atoms with Crippen molar-refractivity contribution in [1.82, 2.24) is 29.5 Å². The topological polar surface area (TPSA) is 108 Å². The Kier molecular flexibility index (Phi) is 4.94. The van der Waals surface area contributed by atoms with Crippen LogP contribution < -0.4 is 0 Å². The lowest BCUT2D eigenvalue weighted by atomic mass is 9.93. The molecule has 2 heterocycles. The summed E-state index contributed by atoms with van der Waals surface area (Å²) in [6.07, 6.45) is 5.20. The summed E-state index contributed by atoms with van der Waals surface area (Å²) in [6.45, 7) is 0.632. The Hall–Kier alpha value is -2.49. The van der Waals surface area contributed by atoms with Crippen LogP contribution >= 0.6 is 7.60 Å². The average molecular weight is 384 g/mol. The Labute approximate surface area is 146 Å². The lowest BCUT2D eigenvalue weighted by molar-refractivity contribution is 0.00980. The Balaban J connectivity index is 2.16. The highest BCUT2D eigenvalue weighted by Crippen LogP contribution is 2.48. The summed E-state index contributed by atoms with van der Waals surface area (Å²) < 4.78 is 48.1. The van der Waals surface area contributed by atoms with Gasteiger partial charge in [0.1, 0.15) is 42.5 Å².